The van der Waals surface area contributed by atoms with Gasteiger partial charge in [0.25, 0.3) is 0 Å². The molecule has 0 saturated carbocycles. The predicted octanol–water partition coefficient (Wildman–Crippen LogP) is 5.02. The standard InChI is InChI=1S/C22H28O5/c1-5-6-12-25-21-19(26-15-17-10-8-7-9-11-17)13-18(22(23)24-4)14-20(21)27-16(2)3/h7-11,13-14,16H,5-6,12,15H2,1-4H3. The Hall–Kier alpha value is -2.69. The molecule has 5 heteroatoms. The fraction of sp³-hybridized carbons (Fsp3) is 0.409. The molecule has 0 heterocycles. The zero-order valence-corrected chi connectivity index (χ0v) is 16.5. The van der Waals surface area contributed by atoms with Crippen LogP contribution in [0.2, 0.25) is 0 Å². The first-order valence-electron chi connectivity index (χ1n) is 9.27. The van der Waals surface area contributed by atoms with Gasteiger partial charge in [-0.25, -0.2) is 4.79 Å². The summed E-state index contributed by atoms with van der Waals surface area (Å²) in [5.41, 5.74) is 1.38. The zero-order chi connectivity index (χ0) is 19.6. The average Bonchev–Trinajstić information content (AvgIpc) is 2.67. The Kier molecular flexibility index (Phi) is 7.99. The molecule has 0 N–H and O–H groups in total. The van der Waals surface area contributed by atoms with Gasteiger partial charge < -0.3 is 18.9 Å². The summed E-state index contributed by atoms with van der Waals surface area (Å²) in [4.78, 5) is 12.1. The second kappa shape index (κ2) is 10.5. The van der Waals surface area contributed by atoms with E-state index in [1.54, 1.807) is 12.1 Å². The first-order valence-corrected chi connectivity index (χ1v) is 9.27. The van der Waals surface area contributed by atoms with Crippen LogP contribution in [0, 0.1) is 0 Å². The summed E-state index contributed by atoms with van der Waals surface area (Å²) in [6, 6.07) is 13.1. The van der Waals surface area contributed by atoms with Crippen molar-refractivity contribution in [3.05, 3.63) is 53.6 Å². The highest BCUT2D eigenvalue weighted by Crippen LogP contribution is 2.40. The Morgan fingerprint density at radius 2 is 1.74 bits per heavy atom. The van der Waals surface area contributed by atoms with Gasteiger partial charge in [0.05, 0.1) is 25.4 Å². The summed E-state index contributed by atoms with van der Waals surface area (Å²) >= 11 is 0. The lowest BCUT2D eigenvalue weighted by atomic mass is 10.1. The minimum absolute atomic E-state index is 0.0756. The predicted molar refractivity (Wildman–Crippen MR) is 105 cm³/mol. The van der Waals surface area contributed by atoms with Gasteiger partial charge in [-0.15, -0.1) is 0 Å². The van der Waals surface area contributed by atoms with Crippen molar-refractivity contribution >= 4 is 5.97 Å². The van der Waals surface area contributed by atoms with Crippen molar-refractivity contribution < 1.29 is 23.7 Å². The van der Waals surface area contributed by atoms with Crippen molar-refractivity contribution in [2.24, 2.45) is 0 Å². The van der Waals surface area contributed by atoms with Crippen LogP contribution < -0.4 is 14.2 Å². The second-order valence-corrected chi connectivity index (χ2v) is 6.44. The monoisotopic (exact) mass is 372 g/mol. The fourth-order valence-electron chi connectivity index (χ4n) is 2.46. The van der Waals surface area contributed by atoms with Gasteiger partial charge in [0.2, 0.25) is 5.75 Å². The van der Waals surface area contributed by atoms with E-state index in [-0.39, 0.29) is 6.10 Å². The molecule has 0 atom stereocenters. The molecule has 0 amide bonds. The summed E-state index contributed by atoms with van der Waals surface area (Å²) in [5.74, 6) is 1.01. The minimum Gasteiger partial charge on any atom is -0.487 e. The van der Waals surface area contributed by atoms with Crippen molar-refractivity contribution in [2.75, 3.05) is 13.7 Å². The molecule has 2 aromatic rings. The lowest BCUT2D eigenvalue weighted by Crippen LogP contribution is -2.11. The van der Waals surface area contributed by atoms with Gasteiger partial charge >= 0.3 is 5.97 Å². The Balaban J connectivity index is 2.38. The molecular weight excluding hydrogens is 344 g/mol. The number of hydrogen-bond acceptors (Lipinski definition) is 5. The molecule has 0 aromatic heterocycles. The van der Waals surface area contributed by atoms with Gasteiger partial charge in [-0.05, 0) is 38.0 Å². The number of methoxy groups -OCH3 is 1. The van der Waals surface area contributed by atoms with E-state index in [4.69, 9.17) is 18.9 Å². The minimum atomic E-state index is -0.451. The molecule has 5 nitrogen and oxygen atoms in total. The van der Waals surface area contributed by atoms with Gasteiger partial charge in [-0.2, -0.15) is 0 Å². The lowest BCUT2D eigenvalue weighted by Gasteiger charge is -2.19. The maximum absolute atomic E-state index is 12.1. The van der Waals surface area contributed by atoms with Crippen molar-refractivity contribution in [2.45, 2.75) is 46.3 Å². The molecule has 0 aliphatic rings. The van der Waals surface area contributed by atoms with E-state index in [0.29, 0.717) is 36.0 Å². The van der Waals surface area contributed by atoms with Crippen LogP contribution in [0.5, 0.6) is 17.2 Å². The molecule has 27 heavy (non-hydrogen) atoms. The number of carbonyl (C=O) groups is 1. The third-order valence-corrected chi connectivity index (χ3v) is 3.79. The summed E-state index contributed by atoms with van der Waals surface area (Å²) in [7, 11) is 1.35. The van der Waals surface area contributed by atoms with E-state index >= 15 is 0 Å². The van der Waals surface area contributed by atoms with Crippen molar-refractivity contribution in [1.82, 2.24) is 0 Å². The molecular formula is C22H28O5. The van der Waals surface area contributed by atoms with E-state index in [1.165, 1.54) is 7.11 Å². The lowest BCUT2D eigenvalue weighted by molar-refractivity contribution is 0.0599. The molecule has 0 aliphatic carbocycles. The first kappa shape index (κ1) is 20.6. The molecule has 146 valence electrons. The number of ether oxygens (including phenoxy) is 4. The van der Waals surface area contributed by atoms with Gasteiger partial charge in [0.15, 0.2) is 11.5 Å². The quantitative estimate of drug-likeness (QED) is 0.433. The van der Waals surface area contributed by atoms with E-state index in [2.05, 4.69) is 6.92 Å². The molecule has 0 saturated heterocycles. The molecule has 0 fully saturated rings. The van der Waals surface area contributed by atoms with Crippen LogP contribution >= 0.6 is 0 Å². The molecule has 0 spiro atoms. The Labute approximate surface area is 161 Å². The smallest absolute Gasteiger partial charge is 0.338 e. The van der Waals surface area contributed by atoms with E-state index in [1.807, 2.05) is 44.2 Å². The van der Waals surface area contributed by atoms with Gasteiger partial charge in [0, 0.05) is 0 Å². The first-order chi connectivity index (χ1) is 13.0. The number of unbranched alkanes of at least 4 members (excludes halogenated alkanes) is 1. The van der Waals surface area contributed by atoms with Gasteiger partial charge in [0.1, 0.15) is 6.61 Å². The molecule has 2 rings (SSSR count). The molecule has 2 aromatic carbocycles. The van der Waals surface area contributed by atoms with Gasteiger partial charge in [-0.1, -0.05) is 43.7 Å². The van der Waals surface area contributed by atoms with E-state index in [0.717, 1.165) is 18.4 Å². The number of carbonyl (C=O) groups excluding carboxylic acids is 1. The van der Waals surface area contributed by atoms with Crippen LogP contribution in [0.3, 0.4) is 0 Å². The van der Waals surface area contributed by atoms with Gasteiger partial charge in [-0.3, -0.25) is 0 Å². The van der Waals surface area contributed by atoms with Crippen molar-refractivity contribution in [1.29, 1.82) is 0 Å². The normalized spacial score (nSPS) is 10.6. The van der Waals surface area contributed by atoms with Crippen LogP contribution in [0.25, 0.3) is 0 Å². The Morgan fingerprint density at radius 1 is 1.04 bits per heavy atom. The number of rotatable bonds is 10. The highest BCUT2D eigenvalue weighted by atomic mass is 16.5. The Bertz CT molecular complexity index is 725. The molecule has 0 aliphatic heterocycles. The third-order valence-electron chi connectivity index (χ3n) is 3.79. The summed E-state index contributed by atoms with van der Waals surface area (Å²) < 4.78 is 22.7. The third kappa shape index (κ3) is 6.20. The summed E-state index contributed by atoms with van der Waals surface area (Å²) in [5, 5.41) is 0. The zero-order valence-electron chi connectivity index (χ0n) is 16.5. The average molecular weight is 372 g/mol. The van der Waals surface area contributed by atoms with Crippen LogP contribution in [-0.4, -0.2) is 25.8 Å². The van der Waals surface area contributed by atoms with Crippen molar-refractivity contribution in [3.8, 4) is 17.2 Å². The van der Waals surface area contributed by atoms with Crippen LogP contribution in [-0.2, 0) is 11.3 Å². The highest BCUT2D eigenvalue weighted by molar-refractivity contribution is 5.91. The summed E-state index contributed by atoms with van der Waals surface area (Å²) in [6.07, 6.45) is 1.85. The maximum Gasteiger partial charge on any atom is 0.338 e. The molecule has 0 radical (unpaired) electrons. The largest absolute Gasteiger partial charge is 0.487 e. The fourth-order valence-corrected chi connectivity index (χ4v) is 2.46. The SMILES string of the molecule is CCCCOc1c(OCc2ccccc2)cc(C(=O)OC)cc1OC(C)C. The topological polar surface area (TPSA) is 54.0 Å². The summed E-state index contributed by atoms with van der Waals surface area (Å²) in [6.45, 7) is 6.85. The number of esters is 1. The van der Waals surface area contributed by atoms with E-state index in [9.17, 15) is 4.79 Å². The van der Waals surface area contributed by atoms with Crippen molar-refractivity contribution in [3.63, 3.8) is 0 Å². The number of hydrogen-bond donors (Lipinski definition) is 0. The Morgan fingerprint density at radius 3 is 2.37 bits per heavy atom. The van der Waals surface area contributed by atoms with E-state index < -0.39 is 5.97 Å². The highest BCUT2D eigenvalue weighted by Gasteiger charge is 2.20. The maximum atomic E-state index is 12.1. The van der Waals surface area contributed by atoms with Crippen LogP contribution in [0.15, 0.2) is 42.5 Å². The van der Waals surface area contributed by atoms with Crippen LogP contribution in [0.4, 0.5) is 0 Å². The molecule has 0 bridgehead atoms. The molecule has 0 unspecified atom stereocenters. The second-order valence-electron chi connectivity index (χ2n) is 6.44. The van der Waals surface area contributed by atoms with Crippen LogP contribution in [0.1, 0.15) is 49.5 Å². The number of benzene rings is 2.